The summed E-state index contributed by atoms with van der Waals surface area (Å²) in [5.41, 5.74) is 1.16. The third-order valence-electron chi connectivity index (χ3n) is 3.42. The quantitative estimate of drug-likeness (QED) is 0.903. The van der Waals surface area contributed by atoms with Crippen molar-refractivity contribution in [2.75, 3.05) is 26.2 Å². The smallest absolute Gasteiger partial charge is 0.107 e. The SMILES string of the molecule is CCNCC1CCN(Cc2nc(C)cs2)CC1.Cl. The molecule has 0 bridgehead atoms. The summed E-state index contributed by atoms with van der Waals surface area (Å²) in [5.74, 6) is 0.879. The third kappa shape index (κ3) is 4.84. The Morgan fingerprint density at radius 2 is 2.17 bits per heavy atom. The lowest BCUT2D eigenvalue weighted by Gasteiger charge is -2.31. The molecule has 1 N–H and O–H groups in total. The van der Waals surface area contributed by atoms with E-state index in [-0.39, 0.29) is 12.4 Å². The summed E-state index contributed by atoms with van der Waals surface area (Å²) in [6, 6.07) is 0. The molecule has 0 spiro atoms. The molecule has 2 rings (SSSR count). The molecular weight excluding hydrogens is 266 g/mol. The lowest BCUT2D eigenvalue weighted by Crippen LogP contribution is -2.36. The Labute approximate surface area is 120 Å². The first-order chi connectivity index (χ1) is 8.28. The van der Waals surface area contributed by atoms with E-state index in [1.165, 1.54) is 37.5 Å². The number of aryl methyl sites for hydroxylation is 1. The second kappa shape index (κ2) is 8.10. The molecule has 0 unspecified atom stereocenters. The molecule has 0 amide bonds. The minimum atomic E-state index is 0. The van der Waals surface area contributed by atoms with E-state index in [1.807, 2.05) is 0 Å². The van der Waals surface area contributed by atoms with Crippen LogP contribution in [-0.2, 0) is 6.54 Å². The zero-order valence-corrected chi connectivity index (χ0v) is 12.9. The Bertz CT molecular complexity index is 335. The molecule has 104 valence electrons. The molecule has 1 aliphatic heterocycles. The van der Waals surface area contributed by atoms with E-state index in [0.29, 0.717) is 0 Å². The van der Waals surface area contributed by atoms with Gasteiger partial charge in [-0.15, -0.1) is 23.7 Å². The van der Waals surface area contributed by atoms with Crippen molar-refractivity contribution >= 4 is 23.7 Å². The van der Waals surface area contributed by atoms with Gasteiger partial charge in [0.25, 0.3) is 0 Å². The number of rotatable bonds is 5. The Morgan fingerprint density at radius 1 is 1.44 bits per heavy atom. The van der Waals surface area contributed by atoms with Crippen LogP contribution in [0.5, 0.6) is 0 Å². The minimum absolute atomic E-state index is 0. The first-order valence-electron chi connectivity index (χ1n) is 6.62. The molecule has 2 heterocycles. The summed E-state index contributed by atoms with van der Waals surface area (Å²) >= 11 is 1.79. The zero-order valence-electron chi connectivity index (χ0n) is 11.3. The number of nitrogens with one attached hydrogen (secondary N) is 1. The molecule has 1 saturated heterocycles. The van der Waals surface area contributed by atoms with Crippen LogP contribution in [0.2, 0.25) is 0 Å². The van der Waals surface area contributed by atoms with E-state index < -0.39 is 0 Å². The van der Waals surface area contributed by atoms with Gasteiger partial charge < -0.3 is 5.32 Å². The monoisotopic (exact) mass is 289 g/mol. The highest BCUT2D eigenvalue weighted by molar-refractivity contribution is 7.09. The molecule has 0 saturated carbocycles. The van der Waals surface area contributed by atoms with Crippen LogP contribution in [0.25, 0.3) is 0 Å². The lowest BCUT2D eigenvalue weighted by atomic mass is 9.97. The molecule has 1 aromatic heterocycles. The maximum atomic E-state index is 4.54. The Balaban J connectivity index is 0.00000162. The topological polar surface area (TPSA) is 28.2 Å². The van der Waals surface area contributed by atoms with Crippen molar-refractivity contribution in [2.24, 2.45) is 5.92 Å². The van der Waals surface area contributed by atoms with Gasteiger partial charge in [-0.3, -0.25) is 4.90 Å². The van der Waals surface area contributed by atoms with Gasteiger partial charge in [0.05, 0.1) is 6.54 Å². The van der Waals surface area contributed by atoms with Crippen LogP contribution < -0.4 is 5.32 Å². The normalized spacial score (nSPS) is 17.7. The number of piperidine rings is 1. The van der Waals surface area contributed by atoms with E-state index in [0.717, 1.165) is 24.7 Å². The van der Waals surface area contributed by atoms with Crippen molar-refractivity contribution in [3.63, 3.8) is 0 Å². The fraction of sp³-hybridized carbons (Fsp3) is 0.769. The van der Waals surface area contributed by atoms with Gasteiger partial charge >= 0.3 is 0 Å². The van der Waals surface area contributed by atoms with Crippen molar-refractivity contribution in [2.45, 2.75) is 33.2 Å². The first kappa shape index (κ1) is 15.9. The van der Waals surface area contributed by atoms with Crippen molar-refractivity contribution in [3.8, 4) is 0 Å². The van der Waals surface area contributed by atoms with Crippen molar-refractivity contribution in [3.05, 3.63) is 16.1 Å². The highest BCUT2D eigenvalue weighted by Crippen LogP contribution is 2.19. The molecule has 0 aliphatic carbocycles. The highest BCUT2D eigenvalue weighted by Gasteiger charge is 2.19. The van der Waals surface area contributed by atoms with Gasteiger partial charge in [0.15, 0.2) is 0 Å². The van der Waals surface area contributed by atoms with Crippen molar-refractivity contribution in [1.29, 1.82) is 0 Å². The number of hydrogen-bond acceptors (Lipinski definition) is 4. The van der Waals surface area contributed by atoms with Crippen LogP contribution >= 0.6 is 23.7 Å². The molecule has 1 fully saturated rings. The summed E-state index contributed by atoms with van der Waals surface area (Å²) in [4.78, 5) is 7.08. The van der Waals surface area contributed by atoms with E-state index in [4.69, 9.17) is 0 Å². The number of hydrogen-bond donors (Lipinski definition) is 1. The molecule has 3 nitrogen and oxygen atoms in total. The molecule has 0 aromatic carbocycles. The number of thiazole rings is 1. The summed E-state index contributed by atoms with van der Waals surface area (Å²) in [5, 5.41) is 6.87. The van der Waals surface area contributed by atoms with Gasteiger partial charge in [-0.1, -0.05) is 6.92 Å². The average Bonchev–Trinajstić information content (AvgIpc) is 2.74. The van der Waals surface area contributed by atoms with E-state index >= 15 is 0 Å². The number of halogens is 1. The largest absolute Gasteiger partial charge is 0.317 e. The van der Waals surface area contributed by atoms with Gasteiger partial charge in [0.2, 0.25) is 0 Å². The van der Waals surface area contributed by atoms with Crippen molar-refractivity contribution in [1.82, 2.24) is 15.2 Å². The van der Waals surface area contributed by atoms with Crippen LogP contribution in [0.1, 0.15) is 30.5 Å². The predicted molar refractivity (Wildman–Crippen MR) is 80.6 cm³/mol. The van der Waals surface area contributed by atoms with E-state index in [1.54, 1.807) is 11.3 Å². The highest BCUT2D eigenvalue weighted by atomic mass is 35.5. The molecule has 1 aromatic rings. The average molecular weight is 290 g/mol. The molecule has 18 heavy (non-hydrogen) atoms. The number of aromatic nitrogens is 1. The van der Waals surface area contributed by atoms with Gasteiger partial charge in [-0.05, 0) is 51.9 Å². The summed E-state index contributed by atoms with van der Waals surface area (Å²) in [6.07, 6.45) is 2.66. The fourth-order valence-corrected chi connectivity index (χ4v) is 3.18. The summed E-state index contributed by atoms with van der Waals surface area (Å²) in [6.45, 7) is 10.1. The van der Waals surface area contributed by atoms with Gasteiger partial charge in [0, 0.05) is 11.1 Å². The standard InChI is InChI=1S/C13H23N3S.ClH/c1-3-14-8-12-4-6-16(7-5-12)9-13-15-11(2)10-17-13;/h10,12,14H,3-9H2,1-2H3;1H. The second-order valence-electron chi connectivity index (χ2n) is 4.91. The van der Waals surface area contributed by atoms with Crippen LogP contribution in [0.4, 0.5) is 0 Å². The molecule has 1 aliphatic rings. The maximum absolute atomic E-state index is 4.54. The van der Waals surface area contributed by atoms with E-state index in [9.17, 15) is 0 Å². The number of nitrogens with zero attached hydrogens (tertiary/aromatic N) is 2. The van der Waals surface area contributed by atoms with Gasteiger partial charge in [0.1, 0.15) is 5.01 Å². The van der Waals surface area contributed by atoms with Crippen molar-refractivity contribution < 1.29 is 0 Å². The summed E-state index contributed by atoms with van der Waals surface area (Å²) < 4.78 is 0. The van der Waals surface area contributed by atoms with Crippen LogP contribution in [0.3, 0.4) is 0 Å². The third-order valence-corrected chi connectivity index (χ3v) is 4.37. The second-order valence-corrected chi connectivity index (χ2v) is 5.85. The minimum Gasteiger partial charge on any atom is -0.317 e. The molecule has 0 radical (unpaired) electrons. The van der Waals surface area contributed by atoms with Gasteiger partial charge in [-0.2, -0.15) is 0 Å². The molecule has 0 atom stereocenters. The van der Waals surface area contributed by atoms with Crippen LogP contribution in [0.15, 0.2) is 5.38 Å². The van der Waals surface area contributed by atoms with E-state index in [2.05, 4.69) is 34.4 Å². The van der Waals surface area contributed by atoms with Crippen LogP contribution in [0, 0.1) is 12.8 Å². The maximum Gasteiger partial charge on any atom is 0.107 e. The summed E-state index contributed by atoms with van der Waals surface area (Å²) in [7, 11) is 0. The Morgan fingerprint density at radius 3 is 2.72 bits per heavy atom. The molecular formula is C13H24ClN3S. The van der Waals surface area contributed by atoms with Gasteiger partial charge in [-0.25, -0.2) is 4.98 Å². The first-order valence-corrected chi connectivity index (χ1v) is 7.50. The predicted octanol–water partition coefficient (Wildman–Crippen LogP) is 2.69. The number of likely N-dealkylation sites (tertiary alicyclic amines) is 1. The fourth-order valence-electron chi connectivity index (χ4n) is 2.36. The zero-order chi connectivity index (χ0) is 12.1. The van der Waals surface area contributed by atoms with Crippen LogP contribution in [-0.4, -0.2) is 36.1 Å². The lowest BCUT2D eigenvalue weighted by molar-refractivity contribution is 0.175. The molecule has 5 heteroatoms. The Kier molecular flexibility index (Phi) is 7.15. The Hall–Kier alpha value is -0.160.